The molecule has 1 N–H and O–H groups in total. The summed E-state index contributed by atoms with van der Waals surface area (Å²) in [5, 5.41) is 7.10. The molecule has 0 saturated heterocycles. The lowest BCUT2D eigenvalue weighted by molar-refractivity contribution is -0.621. The second-order valence-electron chi connectivity index (χ2n) is 7.43. The molecule has 0 fully saturated rings. The molecule has 0 bridgehead atoms. The molecule has 2 heterocycles. The third kappa shape index (κ3) is 4.13. The summed E-state index contributed by atoms with van der Waals surface area (Å²) < 4.78 is 2.25. The standard InChI is InChI=1S/C21H27N4/c1-15(2)10-19-12-18(17-8-6-5-7-9-17)13-20(11-16(3)4)25(19)21-22-14-23-24-21/h5-9,12-16H,10-11H2,1-4H3,(H,22,23,24)/q+1. The molecule has 3 aromatic rings. The number of pyridine rings is 1. The fraction of sp³-hybridized carbons (Fsp3) is 0.381. The third-order valence-electron chi connectivity index (χ3n) is 4.17. The molecule has 130 valence electrons. The number of aromatic nitrogens is 4. The molecular weight excluding hydrogens is 308 g/mol. The first-order chi connectivity index (χ1) is 12.0. The molecule has 4 nitrogen and oxygen atoms in total. The zero-order valence-electron chi connectivity index (χ0n) is 15.5. The Bertz CT molecular complexity index is 774. The van der Waals surface area contributed by atoms with Gasteiger partial charge >= 0.3 is 5.95 Å². The van der Waals surface area contributed by atoms with Crippen LogP contribution in [0.5, 0.6) is 0 Å². The predicted octanol–water partition coefficient (Wildman–Crippen LogP) is 4.15. The lowest BCUT2D eigenvalue weighted by Gasteiger charge is -2.16. The second-order valence-corrected chi connectivity index (χ2v) is 7.43. The lowest BCUT2D eigenvalue weighted by Crippen LogP contribution is -2.42. The first-order valence-corrected chi connectivity index (χ1v) is 9.03. The van der Waals surface area contributed by atoms with Gasteiger partial charge in [0.1, 0.15) is 0 Å². The number of nitrogens with zero attached hydrogens (tertiary/aromatic N) is 3. The van der Waals surface area contributed by atoms with Crippen LogP contribution in [0.15, 0.2) is 48.8 Å². The number of nitrogens with one attached hydrogen (secondary N) is 1. The van der Waals surface area contributed by atoms with E-state index in [1.165, 1.54) is 22.5 Å². The molecule has 1 aromatic carbocycles. The van der Waals surface area contributed by atoms with Crippen molar-refractivity contribution in [1.82, 2.24) is 15.2 Å². The first kappa shape index (κ1) is 17.3. The molecule has 2 aromatic heterocycles. The van der Waals surface area contributed by atoms with Gasteiger partial charge in [-0.05, 0) is 35.1 Å². The van der Waals surface area contributed by atoms with Gasteiger partial charge in [0.25, 0.3) is 0 Å². The summed E-state index contributed by atoms with van der Waals surface area (Å²) in [6.45, 7) is 9.01. The van der Waals surface area contributed by atoms with Crippen LogP contribution in [0.25, 0.3) is 17.1 Å². The monoisotopic (exact) mass is 335 g/mol. The topological polar surface area (TPSA) is 45.5 Å². The van der Waals surface area contributed by atoms with E-state index in [1.54, 1.807) is 6.33 Å². The van der Waals surface area contributed by atoms with Crippen LogP contribution in [-0.4, -0.2) is 15.2 Å². The maximum atomic E-state index is 4.42. The highest BCUT2D eigenvalue weighted by atomic mass is 15.3. The van der Waals surface area contributed by atoms with Crippen molar-refractivity contribution >= 4 is 0 Å². The quantitative estimate of drug-likeness (QED) is 0.688. The minimum atomic E-state index is 0.562. The van der Waals surface area contributed by atoms with Crippen molar-refractivity contribution in [2.45, 2.75) is 40.5 Å². The Hall–Kier alpha value is -2.49. The van der Waals surface area contributed by atoms with E-state index >= 15 is 0 Å². The molecule has 0 saturated carbocycles. The molecule has 0 atom stereocenters. The Morgan fingerprint density at radius 2 is 1.48 bits per heavy atom. The summed E-state index contributed by atoms with van der Waals surface area (Å²) in [6.07, 6.45) is 3.56. The molecule has 25 heavy (non-hydrogen) atoms. The molecule has 0 aliphatic rings. The van der Waals surface area contributed by atoms with E-state index in [-0.39, 0.29) is 0 Å². The van der Waals surface area contributed by atoms with E-state index in [1.807, 2.05) is 0 Å². The largest absolute Gasteiger partial charge is 0.422 e. The maximum absolute atomic E-state index is 4.42. The Labute approximate surface area is 150 Å². The summed E-state index contributed by atoms with van der Waals surface area (Å²) in [6, 6.07) is 15.2. The van der Waals surface area contributed by atoms with Gasteiger partial charge in [-0.3, -0.25) is 0 Å². The predicted molar refractivity (Wildman–Crippen MR) is 100 cm³/mol. The maximum Gasteiger partial charge on any atom is 0.422 e. The molecule has 0 aliphatic heterocycles. The van der Waals surface area contributed by atoms with Gasteiger partial charge in [-0.25, -0.2) is 4.57 Å². The van der Waals surface area contributed by atoms with Gasteiger partial charge in [-0.1, -0.05) is 68.1 Å². The van der Waals surface area contributed by atoms with Crippen LogP contribution in [0.1, 0.15) is 39.1 Å². The number of hydrogen-bond donors (Lipinski definition) is 1. The van der Waals surface area contributed by atoms with E-state index in [0.717, 1.165) is 18.8 Å². The summed E-state index contributed by atoms with van der Waals surface area (Å²) in [4.78, 5) is 4.42. The molecule has 3 rings (SSSR count). The van der Waals surface area contributed by atoms with Crippen molar-refractivity contribution in [3.05, 3.63) is 60.2 Å². The fourth-order valence-electron chi connectivity index (χ4n) is 3.23. The molecule has 0 aliphatic carbocycles. The minimum absolute atomic E-state index is 0.562. The summed E-state index contributed by atoms with van der Waals surface area (Å²) >= 11 is 0. The molecule has 4 heteroatoms. The summed E-state index contributed by atoms with van der Waals surface area (Å²) in [5.74, 6) is 1.92. The average molecular weight is 335 g/mol. The van der Waals surface area contributed by atoms with Crippen molar-refractivity contribution in [3.8, 4) is 17.1 Å². The van der Waals surface area contributed by atoms with Crippen LogP contribution in [0, 0.1) is 11.8 Å². The first-order valence-electron chi connectivity index (χ1n) is 9.03. The van der Waals surface area contributed by atoms with Crippen molar-refractivity contribution in [1.29, 1.82) is 0 Å². The van der Waals surface area contributed by atoms with Crippen LogP contribution in [0.2, 0.25) is 0 Å². The summed E-state index contributed by atoms with van der Waals surface area (Å²) in [5.41, 5.74) is 5.05. The second kappa shape index (κ2) is 7.60. The number of H-pyrrole nitrogens is 1. The molecule has 0 spiro atoms. The third-order valence-corrected chi connectivity index (χ3v) is 4.17. The van der Waals surface area contributed by atoms with E-state index in [4.69, 9.17) is 0 Å². The molecular formula is C21H27N4+. The minimum Gasteiger partial charge on any atom is -0.202 e. The van der Waals surface area contributed by atoms with Crippen LogP contribution >= 0.6 is 0 Å². The Balaban J connectivity index is 2.21. The Kier molecular flexibility index (Phi) is 5.27. The number of benzene rings is 1. The smallest absolute Gasteiger partial charge is 0.202 e. The fourth-order valence-corrected chi connectivity index (χ4v) is 3.23. The van der Waals surface area contributed by atoms with Gasteiger partial charge < -0.3 is 0 Å². The van der Waals surface area contributed by atoms with Gasteiger partial charge in [0.15, 0.2) is 0 Å². The zero-order chi connectivity index (χ0) is 17.8. The van der Waals surface area contributed by atoms with Gasteiger partial charge in [0.2, 0.25) is 6.33 Å². The summed E-state index contributed by atoms with van der Waals surface area (Å²) in [7, 11) is 0. The zero-order valence-corrected chi connectivity index (χ0v) is 15.5. The van der Waals surface area contributed by atoms with Crippen molar-refractivity contribution in [2.75, 3.05) is 0 Å². The number of hydrogen-bond acceptors (Lipinski definition) is 2. The van der Waals surface area contributed by atoms with E-state index in [0.29, 0.717) is 11.8 Å². The van der Waals surface area contributed by atoms with Crippen molar-refractivity contribution < 1.29 is 4.57 Å². The normalized spacial score (nSPS) is 11.4. The van der Waals surface area contributed by atoms with Crippen LogP contribution in [-0.2, 0) is 12.8 Å². The van der Waals surface area contributed by atoms with Crippen LogP contribution in [0.4, 0.5) is 0 Å². The van der Waals surface area contributed by atoms with E-state index in [2.05, 4.69) is 89.9 Å². The Morgan fingerprint density at radius 1 is 0.880 bits per heavy atom. The van der Waals surface area contributed by atoms with Gasteiger partial charge in [-0.15, -0.1) is 0 Å². The SMILES string of the molecule is CC(C)Cc1cc(-c2ccccc2)cc(CC(C)C)[n+]1-c1ncn[nH]1. The van der Waals surface area contributed by atoms with Crippen LogP contribution < -0.4 is 4.57 Å². The van der Waals surface area contributed by atoms with Gasteiger partial charge in [-0.2, -0.15) is 5.10 Å². The van der Waals surface area contributed by atoms with Crippen LogP contribution in [0.3, 0.4) is 0 Å². The lowest BCUT2D eigenvalue weighted by atomic mass is 9.98. The molecule has 0 unspecified atom stereocenters. The highest BCUT2D eigenvalue weighted by Gasteiger charge is 2.21. The van der Waals surface area contributed by atoms with Crippen molar-refractivity contribution in [3.63, 3.8) is 0 Å². The average Bonchev–Trinajstić information content (AvgIpc) is 3.08. The van der Waals surface area contributed by atoms with Gasteiger partial charge in [0, 0.05) is 12.8 Å². The Morgan fingerprint density at radius 3 is 1.96 bits per heavy atom. The van der Waals surface area contributed by atoms with Crippen molar-refractivity contribution in [2.24, 2.45) is 11.8 Å². The number of aromatic amines is 1. The van der Waals surface area contributed by atoms with E-state index < -0.39 is 0 Å². The highest BCUT2D eigenvalue weighted by Crippen LogP contribution is 2.23. The number of rotatable bonds is 6. The van der Waals surface area contributed by atoms with Gasteiger partial charge in [0.05, 0.1) is 11.4 Å². The molecule has 0 amide bonds. The molecule has 0 radical (unpaired) electrons. The van der Waals surface area contributed by atoms with E-state index in [9.17, 15) is 0 Å². The highest BCUT2D eigenvalue weighted by molar-refractivity contribution is 5.63.